The first-order valence-corrected chi connectivity index (χ1v) is 21.5. The zero-order chi connectivity index (χ0) is 38.1. The fraction of sp³-hybridized carbons (Fsp3) is 0.639. The molecular formula is C36H57N2O12PS. The fourth-order valence-corrected chi connectivity index (χ4v) is 7.73. The smallest absolute Gasteiger partial charge is 0.407 e. The van der Waals surface area contributed by atoms with E-state index in [9.17, 15) is 22.9 Å². The summed E-state index contributed by atoms with van der Waals surface area (Å²) in [5.41, 5.74) is 1.59. The van der Waals surface area contributed by atoms with E-state index in [0.717, 1.165) is 37.6 Å². The third-order valence-electron chi connectivity index (χ3n) is 8.91. The Balaban J connectivity index is 0.000000513. The van der Waals surface area contributed by atoms with Crippen molar-refractivity contribution in [3.05, 3.63) is 59.7 Å². The Morgan fingerprint density at radius 1 is 0.962 bits per heavy atom. The molecule has 0 bridgehead atoms. The Hall–Kier alpha value is -2.59. The van der Waals surface area contributed by atoms with Gasteiger partial charge in [-0.25, -0.2) is 13.2 Å². The van der Waals surface area contributed by atoms with Crippen molar-refractivity contribution in [2.75, 3.05) is 52.1 Å². The van der Waals surface area contributed by atoms with Crippen LogP contribution in [0.4, 0.5) is 4.79 Å². The van der Waals surface area contributed by atoms with Gasteiger partial charge in [0.15, 0.2) is 22.5 Å². The van der Waals surface area contributed by atoms with E-state index in [2.05, 4.69) is 24.5 Å². The van der Waals surface area contributed by atoms with Crippen molar-refractivity contribution in [1.29, 1.82) is 0 Å². The van der Waals surface area contributed by atoms with Gasteiger partial charge < -0.3 is 48.8 Å². The van der Waals surface area contributed by atoms with Crippen LogP contribution in [0.15, 0.2) is 53.4 Å². The van der Waals surface area contributed by atoms with E-state index in [1.165, 1.54) is 12.1 Å². The van der Waals surface area contributed by atoms with Crippen molar-refractivity contribution in [1.82, 2.24) is 10.6 Å². The summed E-state index contributed by atoms with van der Waals surface area (Å²) in [6.45, 7) is 10.3. The highest BCUT2D eigenvalue weighted by molar-refractivity contribution is 7.90. The molecule has 5 atom stereocenters. The normalized spacial score (nSPS) is 19.7. The summed E-state index contributed by atoms with van der Waals surface area (Å²) >= 11 is 0. The van der Waals surface area contributed by atoms with Crippen LogP contribution in [0, 0.1) is 11.8 Å². The number of ether oxygens (including phenoxy) is 4. The molecule has 2 aromatic rings. The number of aliphatic hydroxyl groups excluding tert-OH is 2. The van der Waals surface area contributed by atoms with Gasteiger partial charge in [0.25, 0.3) is 0 Å². The molecule has 0 spiro atoms. The second-order valence-electron chi connectivity index (χ2n) is 12.8. The minimum atomic E-state index is -3.33. The number of benzene rings is 2. The second kappa shape index (κ2) is 21.9. The quantitative estimate of drug-likeness (QED) is 0.136. The van der Waals surface area contributed by atoms with Gasteiger partial charge in [-0.2, -0.15) is 0 Å². The minimum absolute atomic E-state index is 0.0316. The van der Waals surface area contributed by atoms with Crippen molar-refractivity contribution in [3.8, 4) is 5.75 Å². The number of nitrogens with one attached hydrogen (secondary N) is 2. The van der Waals surface area contributed by atoms with E-state index in [-0.39, 0.29) is 49.4 Å². The van der Waals surface area contributed by atoms with Crippen LogP contribution < -0.4 is 15.4 Å². The van der Waals surface area contributed by atoms with Crippen LogP contribution in [0.1, 0.15) is 58.1 Å². The summed E-state index contributed by atoms with van der Waals surface area (Å²) in [4.78, 5) is 13.2. The molecule has 2 aliphatic heterocycles. The predicted molar refractivity (Wildman–Crippen MR) is 196 cm³/mol. The second-order valence-corrected chi connectivity index (χ2v) is 16.8. The number of sulfone groups is 1. The molecule has 1 amide bonds. The van der Waals surface area contributed by atoms with Gasteiger partial charge in [-0.05, 0) is 74.5 Å². The maximum absolute atomic E-state index is 12.9. The van der Waals surface area contributed by atoms with Crippen LogP contribution in [0.3, 0.4) is 0 Å². The Morgan fingerprint density at radius 3 is 2.17 bits per heavy atom. The van der Waals surface area contributed by atoms with Crippen molar-refractivity contribution in [3.63, 3.8) is 0 Å². The van der Waals surface area contributed by atoms with Gasteiger partial charge >= 0.3 is 13.7 Å². The summed E-state index contributed by atoms with van der Waals surface area (Å²) in [6, 6.07) is 12.8. The highest BCUT2D eigenvalue weighted by atomic mass is 32.2. The molecule has 0 saturated carbocycles. The maximum Gasteiger partial charge on any atom is 0.407 e. The Kier molecular flexibility index (Phi) is 18.5. The Labute approximate surface area is 308 Å². The average molecular weight is 773 g/mol. The lowest BCUT2D eigenvalue weighted by Gasteiger charge is -2.26. The zero-order valence-electron chi connectivity index (χ0n) is 30.9. The lowest BCUT2D eigenvalue weighted by Crippen LogP contribution is -2.50. The third-order valence-corrected chi connectivity index (χ3v) is 11.8. The molecule has 2 aliphatic rings. The van der Waals surface area contributed by atoms with E-state index in [1.807, 2.05) is 12.1 Å². The Bertz CT molecular complexity index is 1480. The van der Waals surface area contributed by atoms with Crippen LogP contribution in [-0.2, 0) is 50.7 Å². The summed E-state index contributed by atoms with van der Waals surface area (Å²) in [5.74, 6) is 1.07. The van der Waals surface area contributed by atoms with Gasteiger partial charge in [-0.15, -0.1) is 0 Å². The van der Waals surface area contributed by atoms with Gasteiger partial charge in [0.2, 0.25) is 0 Å². The maximum atomic E-state index is 12.9. The molecular weight excluding hydrogens is 715 g/mol. The molecule has 4 N–H and O–H groups in total. The number of hydrogen-bond donors (Lipinski definition) is 4. The first-order valence-electron chi connectivity index (χ1n) is 17.9. The van der Waals surface area contributed by atoms with Crippen LogP contribution in [0.25, 0.3) is 0 Å². The van der Waals surface area contributed by atoms with Gasteiger partial charge in [-0.3, -0.25) is 4.57 Å². The van der Waals surface area contributed by atoms with E-state index in [0.29, 0.717) is 43.4 Å². The zero-order valence-corrected chi connectivity index (χ0v) is 32.6. The van der Waals surface area contributed by atoms with E-state index < -0.39 is 35.7 Å². The molecule has 0 unspecified atom stereocenters. The molecule has 16 heteroatoms. The van der Waals surface area contributed by atoms with E-state index in [4.69, 9.17) is 33.1 Å². The number of hydrogen-bond acceptors (Lipinski definition) is 13. The minimum Gasteiger partial charge on any atom is -0.481 e. The molecule has 52 heavy (non-hydrogen) atoms. The summed E-state index contributed by atoms with van der Waals surface area (Å²) in [5, 5.41) is 26.0. The van der Waals surface area contributed by atoms with Crippen molar-refractivity contribution in [2.24, 2.45) is 11.8 Å². The molecule has 0 radical (unpaired) electrons. The SMILES string of the molecule is CCOP(=O)(COc1ccc(C[C@H](NC(=O)O[C@H]2CO[C@H]3OCC[C@H]32)[C@H](O)CNCC(CC)CC)cc1)OCC.CS(=O)(=O)c1ccc(CO)cc1. The molecule has 14 nitrogen and oxygen atoms in total. The molecule has 2 heterocycles. The molecule has 0 aliphatic carbocycles. The standard InChI is InChI=1S/C28H47N2O9P.C8H10O3S/c1-5-20(6-2)16-29-17-25(31)24(30-28(32)39-26-18-35-27-23(26)13-14-34-27)15-21-9-11-22(12-10-21)36-19-40(33,37-7-3)38-8-4;1-12(10,11)8-4-2-7(6-9)3-5-8/h9-12,20,23-27,29,31H,5-8,13-19H2,1-4H3,(H,30,32);2-5,9H,6H2,1H3/t23-,24-,25+,26-,27+;/m0./s1. The highest BCUT2D eigenvalue weighted by Crippen LogP contribution is 2.47. The number of rotatable bonds is 20. The fourth-order valence-electron chi connectivity index (χ4n) is 5.79. The lowest BCUT2D eigenvalue weighted by atomic mass is 10.00. The Morgan fingerprint density at radius 2 is 1.60 bits per heavy atom. The van der Waals surface area contributed by atoms with E-state index in [1.54, 1.807) is 38.1 Å². The number of carbonyl (C=O) groups excluding carboxylic acids is 1. The first kappa shape index (κ1) is 43.8. The molecule has 0 aromatic heterocycles. The third kappa shape index (κ3) is 14.3. The first-order chi connectivity index (χ1) is 24.8. The largest absolute Gasteiger partial charge is 0.481 e. The van der Waals surface area contributed by atoms with Crippen LogP contribution in [0.2, 0.25) is 0 Å². The summed E-state index contributed by atoms with van der Waals surface area (Å²) in [6.07, 6.45) is 2.11. The molecule has 2 fully saturated rings. The molecule has 294 valence electrons. The van der Waals surface area contributed by atoms with Crippen molar-refractivity contribution >= 4 is 23.5 Å². The number of fused-ring (bicyclic) bond motifs is 1. The number of aliphatic hydroxyl groups is 2. The number of alkyl carbamates (subject to hydrolysis) is 1. The molecule has 2 aromatic carbocycles. The number of carbonyl (C=O) groups is 1. The van der Waals surface area contributed by atoms with E-state index >= 15 is 0 Å². The monoisotopic (exact) mass is 772 g/mol. The molecule has 2 saturated heterocycles. The van der Waals surface area contributed by atoms with Gasteiger partial charge in [0.05, 0.1) is 56.0 Å². The van der Waals surface area contributed by atoms with Crippen molar-refractivity contribution in [2.45, 2.75) is 89.4 Å². The van der Waals surface area contributed by atoms with Gasteiger partial charge in [0.1, 0.15) is 11.9 Å². The van der Waals surface area contributed by atoms with Gasteiger partial charge in [0, 0.05) is 12.8 Å². The summed E-state index contributed by atoms with van der Waals surface area (Å²) < 4.78 is 67.6. The average Bonchev–Trinajstić information content (AvgIpc) is 3.75. The van der Waals surface area contributed by atoms with Gasteiger partial charge in [-0.1, -0.05) is 51.0 Å². The topological polar surface area (TPSA) is 188 Å². The summed E-state index contributed by atoms with van der Waals surface area (Å²) in [7, 11) is -6.44. The number of amides is 1. The highest BCUT2D eigenvalue weighted by Gasteiger charge is 2.44. The molecule has 4 rings (SSSR count). The van der Waals surface area contributed by atoms with Crippen LogP contribution in [-0.4, -0.2) is 101 Å². The predicted octanol–water partition coefficient (Wildman–Crippen LogP) is 4.66. The van der Waals surface area contributed by atoms with Crippen LogP contribution >= 0.6 is 7.60 Å². The lowest BCUT2D eigenvalue weighted by molar-refractivity contribution is -0.0907. The van der Waals surface area contributed by atoms with Crippen LogP contribution in [0.5, 0.6) is 5.75 Å². The van der Waals surface area contributed by atoms with Crippen molar-refractivity contribution < 1.29 is 56.0 Å².